The zero-order valence-electron chi connectivity index (χ0n) is 14.0. The number of sulfonamides is 1. The van der Waals surface area contributed by atoms with E-state index < -0.39 is 10.0 Å². The number of rotatable bonds is 5. The van der Waals surface area contributed by atoms with Gasteiger partial charge in [0.2, 0.25) is 0 Å². The molecule has 3 rings (SSSR count). The van der Waals surface area contributed by atoms with E-state index in [1.54, 1.807) is 12.1 Å². The van der Waals surface area contributed by atoms with Gasteiger partial charge < -0.3 is 14.4 Å². The Hall–Kier alpha value is -1.67. The molecular weight excluding hydrogens is 399 g/mol. The molecule has 1 heterocycles. The minimum Gasteiger partial charge on any atom is -0.495 e. The van der Waals surface area contributed by atoms with Crippen LogP contribution in [0.4, 0.5) is 11.4 Å². The van der Waals surface area contributed by atoms with E-state index in [0.717, 1.165) is 18.8 Å². The number of methoxy groups -OCH3 is 1. The van der Waals surface area contributed by atoms with E-state index in [0.29, 0.717) is 24.7 Å². The van der Waals surface area contributed by atoms with Crippen molar-refractivity contribution in [1.82, 2.24) is 0 Å². The van der Waals surface area contributed by atoms with Crippen LogP contribution in [0.3, 0.4) is 0 Å². The maximum absolute atomic E-state index is 12.6. The summed E-state index contributed by atoms with van der Waals surface area (Å²) in [6, 6.07) is 9.97. The third-order valence-corrected chi connectivity index (χ3v) is 6.42. The molecule has 1 fully saturated rings. The molecule has 1 aliphatic rings. The molecule has 1 N–H and O–H groups in total. The Labute approximate surface area is 162 Å². The van der Waals surface area contributed by atoms with Crippen molar-refractivity contribution in [3.8, 4) is 5.75 Å². The van der Waals surface area contributed by atoms with Crippen molar-refractivity contribution in [2.24, 2.45) is 0 Å². The molecule has 0 aromatic heterocycles. The van der Waals surface area contributed by atoms with Crippen molar-refractivity contribution >= 4 is 44.6 Å². The molecule has 2 aromatic carbocycles. The highest BCUT2D eigenvalue weighted by atomic mass is 35.5. The number of ether oxygens (including phenoxy) is 2. The monoisotopic (exact) mass is 416 g/mol. The highest BCUT2D eigenvalue weighted by Gasteiger charge is 2.22. The van der Waals surface area contributed by atoms with Gasteiger partial charge in [0.25, 0.3) is 10.0 Å². The summed E-state index contributed by atoms with van der Waals surface area (Å²) in [5.74, 6) is 0.311. The molecule has 9 heteroatoms. The van der Waals surface area contributed by atoms with Crippen LogP contribution in [0.15, 0.2) is 41.3 Å². The van der Waals surface area contributed by atoms with Crippen molar-refractivity contribution in [2.75, 3.05) is 43.0 Å². The van der Waals surface area contributed by atoms with E-state index in [4.69, 9.17) is 32.7 Å². The van der Waals surface area contributed by atoms with Crippen LogP contribution in [-0.4, -0.2) is 41.8 Å². The zero-order chi connectivity index (χ0) is 18.7. The summed E-state index contributed by atoms with van der Waals surface area (Å²) in [5.41, 5.74) is 1.45. The second kappa shape index (κ2) is 7.92. The minimum atomic E-state index is -3.88. The number of anilines is 2. The Kier molecular flexibility index (Phi) is 5.82. The summed E-state index contributed by atoms with van der Waals surface area (Å²) >= 11 is 12.2. The van der Waals surface area contributed by atoms with Gasteiger partial charge in [0, 0.05) is 24.5 Å². The number of benzene rings is 2. The van der Waals surface area contributed by atoms with Gasteiger partial charge in [0.05, 0.1) is 25.3 Å². The number of halogens is 2. The Bertz CT molecular complexity index is 882. The number of morpholine rings is 1. The minimum absolute atomic E-state index is 0.0553. The van der Waals surface area contributed by atoms with Gasteiger partial charge >= 0.3 is 0 Å². The first kappa shape index (κ1) is 19.1. The van der Waals surface area contributed by atoms with E-state index in [2.05, 4.69) is 9.62 Å². The van der Waals surface area contributed by atoms with Gasteiger partial charge in [0.15, 0.2) is 0 Å². The number of hydrogen-bond donors (Lipinski definition) is 1. The predicted octanol–water partition coefficient (Wildman–Crippen LogP) is 3.64. The van der Waals surface area contributed by atoms with Crippen molar-refractivity contribution < 1.29 is 17.9 Å². The summed E-state index contributed by atoms with van der Waals surface area (Å²) in [7, 11) is -2.45. The third-order valence-electron chi connectivity index (χ3n) is 4.02. The summed E-state index contributed by atoms with van der Waals surface area (Å²) in [5, 5.41) is -0.0249. The lowest BCUT2D eigenvalue weighted by Crippen LogP contribution is -2.36. The molecule has 140 valence electrons. The fraction of sp³-hybridized carbons (Fsp3) is 0.294. The molecule has 0 radical (unpaired) electrons. The third kappa shape index (κ3) is 4.01. The fourth-order valence-electron chi connectivity index (χ4n) is 2.65. The van der Waals surface area contributed by atoms with Gasteiger partial charge in [-0.05, 0) is 36.4 Å². The molecular formula is C17H18Cl2N2O4S. The largest absolute Gasteiger partial charge is 0.495 e. The standard InChI is InChI=1S/C17H18Cl2N2O4S/c1-24-14-6-7-15(17(19)16(14)18)26(22,23)20-12-2-4-13(5-3-12)21-8-10-25-11-9-21/h2-7,20H,8-11H2,1H3. The molecule has 2 aromatic rings. The van der Waals surface area contributed by atoms with E-state index in [1.165, 1.54) is 19.2 Å². The van der Waals surface area contributed by atoms with Crippen molar-refractivity contribution in [3.05, 3.63) is 46.4 Å². The number of hydrogen-bond acceptors (Lipinski definition) is 5. The van der Waals surface area contributed by atoms with Crippen molar-refractivity contribution in [2.45, 2.75) is 4.90 Å². The number of nitrogens with one attached hydrogen (secondary N) is 1. The zero-order valence-corrected chi connectivity index (χ0v) is 16.4. The first-order chi connectivity index (χ1) is 12.4. The maximum Gasteiger partial charge on any atom is 0.263 e. The Morgan fingerprint density at radius 2 is 1.69 bits per heavy atom. The van der Waals surface area contributed by atoms with E-state index in [9.17, 15) is 8.42 Å². The first-order valence-corrected chi connectivity index (χ1v) is 10.1. The molecule has 26 heavy (non-hydrogen) atoms. The van der Waals surface area contributed by atoms with E-state index in [1.807, 2.05) is 12.1 Å². The molecule has 1 aliphatic heterocycles. The lowest BCUT2D eigenvalue weighted by Gasteiger charge is -2.28. The van der Waals surface area contributed by atoms with Gasteiger partial charge in [-0.2, -0.15) is 0 Å². The van der Waals surface area contributed by atoms with Crippen LogP contribution in [0.2, 0.25) is 10.0 Å². The SMILES string of the molecule is COc1ccc(S(=O)(=O)Nc2ccc(N3CCOCC3)cc2)c(Cl)c1Cl. The summed E-state index contributed by atoms with van der Waals surface area (Å²) < 4.78 is 38.2. The van der Waals surface area contributed by atoms with Gasteiger partial charge in [0.1, 0.15) is 15.7 Å². The van der Waals surface area contributed by atoms with Crippen LogP contribution >= 0.6 is 23.2 Å². The van der Waals surface area contributed by atoms with Crippen LogP contribution < -0.4 is 14.4 Å². The van der Waals surface area contributed by atoms with E-state index >= 15 is 0 Å². The average molecular weight is 417 g/mol. The van der Waals surface area contributed by atoms with Gasteiger partial charge in [-0.1, -0.05) is 23.2 Å². The fourth-order valence-corrected chi connectivity index (χ4v) is 4.55. The van der Waals surface area contributed by atoms with Crippen molar-refractivity contribution in [1.29, 1.82) is 0 Å². The van der Waals surface area contributed by atoms with Crippen LogP contribution in [0.1, 0.15) is 0 Å². The topological polar surface area (TPSA) is 67.9 Å². The smallest absolute Gasteiger partial charge is 0.263 e. The van der Waals surface area contributed by atoms with Crippen molar-refractivity contribution in [3.63, 3.8) is 0 Å². The lowest BCUT2D eigenvalue weighted by atomic mass is 10.2. The van der Waals surface area contributed by atoms with Crippen LogP contribution in [0, 0.1) is 0 Å². The molecule has 0 aliphatic carbocycles. The summed E-state index contributed by atoms with van der Waals surface area (Å²) in [6.07, 6.45) is 0. The Balaban J connectivity index is 1.80. The second-order valence-electron chi connectivity index (χ2n) is 5.65. The van der Waals surface area contributed by atoms with Gasteiger partial charge in [-0.25, -0.2) is 8.42 Å². The van der Waals surface area contributed by atoms with Gasteiger partial charge in [-0.3, -0.25) is 4.72 Å². The first-order valence-electron chi connectivity index (χ1n) is 7.90. The summed E-state index contributed by atoms with van der Waals surface area (Å²) in [6.45, 7) is 2.99. The van der Waals surface area contributed by atoms with E-state index in [-0.39, 0.29) is 14.9 Å². The highest BCUT2D eigenvalue weighted by Crippen LogP contribution is 2.37. The summed E-state index contributed by atoms with van der Waals surface area (Å²) in [4.78, 5) is 2.07. The molecule has 1 saturated heterocycles. The average Bonchev–Trinajstić information content (AvgIpc) is 2.65. The quantitative estimate of drug-likeness (QED) is 0.805. The molecule has 0 bridgehead atoms. The molecule has 0 atom stereocenters. The Morgan fingerprint density at radius 3 is 2.31 bits per heavy atom. The molecule has 6 nitrogen and oxygen atoms in total. The lowest BCUT2D eigenvalue weighted by molar-refractivity contribution is 0.122. The molecule has 0 unspecified atom stereocenters. The predicted molar refractivity (Wildman–Crippen MR) is 103 cm³/mol. The van der Waals surface area contributed by atoms with Crippen LogP contribution in [0.25, 0.3) is 0 Å². The molecule has 0 spiro atoms. The van der Waals surface area contributed by atoms with Crippen LogP contribution in [0.5, 0.6) is 5.75 Å². The normalized spacial score (nSPS) is 15.0. The molecule has 0 saturated carbocycles. The molecule has 0 amide bonds. The van der Waals surface area contributed by atoms with Gasteiger partial charge in [-0.15, -0.1) is 0 Å². The highest BCUT2D eigenvalue weighted by molar-refractivity contribution is 7.92. The Morgan fingerprint density at radius 1 is 1.04 bits per heavy atom. The van der Waals surface area contributed by atoms with Crippen LogP contribution in [-0.2, 0) is 14.8 Å². The maximum atomic E-state index is 12.6. The number of nitrogens with zero attached hydrogens (tertiary/aromatic N) is 1. The second-order valence-corrected chi connectivity index (χ2v) is 8.05.